The van der Waals surface area contributed by atoms with Crippen molar-refractivity contribution in [3.8, 4) is 0 Å². The predicted octanol–water partition coefficient (Wildman–Crippen LogP) is 1.99. The third-order valence-corrected chi connectivity index (χ3v) is 3.26. The lowest BCUT2D eigenvalue weighted by Crippen LogP contribution is -2.17. The molecule has 0 unspecified atom stereocenters. The molecule has 0 spiro atoms. The predicted molar refractivity (Wildman–Crippen MR) is 67.0 cm³/mol. The van der Waals surface area contributed by atoms with Gasteiger partial charge in [0.15, 0.2) is 5.16 Å². The molecule has 0 bridgehead atoms. The molecule has 2 N–H and O–H groups in total. The molecule has 88 valence electrons. The van der Waals surface area contributed by atoms with Gasteiger partial charge in [0.25, 0.3) is 0 Å². The normalized spacial score (nSPS) is 16.4. The van der Waals surface area contributed by atoms with E-state index in [2.05, 4.69) is 25.6 Å². The van der Waals surface area contributed by atoms with Crippen molar-refractivity contribution in [3.05, 3.63) is 0 Å². The Morgan fingerprint density at radius 3 is 2.44 bits per heavy atom. The zero-order valence-corrected chi connectivity index (χ0v) is 10.5. The summed E-state index contributed by atoms with van der Waals surface area (Å²) in [7, 11) is 1.82. The van der Waals surface area contributed by atoms with Gasteiger partial charge in [0.2, 0.25) is 11.9 Å². The highest BCUT2D eigenvalue weighted by Gasteiger charge is 2.16. The summed E-state index contributed by atoms with van der Waals surface area (Å²) in [5, 5.41) is 7.08. The van der Waals surface area contributed by atoms with Gasteiger partial charge < -0.3 is 10.6 Å². The van der Waals surface area contributed by atoms with Crippen molar-refractivity contribution >= 4 is 23.7 Å². The summed E-state index contributed by atoms with van der Waals surface area (Å²) in [4.78, 5) is 12.9. The lowest BCUT2D eigenvalue weighted by Gasteiger charge is -2.12. The fraction of sp³-hybridized carbons (Fsp3) is 0.700. The Morgan fingerprint density at radius 2 is 1.81 bits per heavy atom. The monoisotopic (exact) mass is 239 g/mol. The molecule has 2 rings (SSSR count). The van der Waals surface area contributed by atoms with Crippen LogP contribution in [0.1, 0.15) is 25.7 Å². The van der Waals surface area contributed by atoms with E-state index in [1.165, 1.54) is 37.4 Å². The average molecular weight is 239 g/mol. The van der Waals surface area contributed by atoms with Crippen molar-refractivity contribution < 1.29 is 0 Å². The minimum absolute atomic E-state index is 0.529. The number of anilines is 2. The van der Waals surface area contributed by atoms with Crippen LogP contribution in [0.3, 0.4) is 0 Å². The summed E-state index contributed by atoms with van der Waals surface area (Å²) in [5.41, 5.74) is 0. The molecule has 0 aromatic carbocycles. The summed E-state index contributed by atoms with van der Waals surface area (Å²) in [6.07, 6.45) is 7.01. The number of thioether (sulfide) groups is 1. The van der Waals surface area contributed by atoms with Gasteiger partial charge >= 0.3 is 0 Å². The smallest absolute Gasteiger partial charge is 0.228 e. The van der Waals surface area contributed by atoms with Crippen molar-refractivity contribution in [2.24, 2.45) is 0 Å². The van der Waals surface area contributed by atoms with Crippen LogP contribution in [0.5, 0.6) is 0 Å². The van der Waals surface area contributed by atoms with Gasteiger partial charge in [0, 0.05) is 13.1 Å². The van der Waals surface area contributed by atoms with Crippen LogP contribution in [0.25, 0.3) is 0 Å². The first-order chi connectivity index (χ1) is 7.81. The first kappa shape index (κ1) is 11.4. The molecule has 1 fully saturated rings. The number of nitrogens with one attached hydrogen (secondary N) is 2. The third kappa shape index (κ3) is 2.75. The maximum Gasteiger partial charge on any atom is 0.228 e. The topological polar surface area (TPSA) is 62.7 Å². The molecule has 16 heavy (non-hydrogen) atoms. The summed E-state index contributed by atoms with van der Waals surface area (Å²) in [6.45, 7) is 0. The maximum absolute atomic E-state index is 4.35. The first-order valence-electron chi connectivity index (χ1n) is 5.56. The molecule has 6 heteroatoms. The summed E-state index contributed by atoms with van der Waals surface area (Å²) >= 11 is 1.53. The molecular weight excluding hydrogens is 222 g/mol. The van der Waals surface area contributed by atoms with Gasteiger partial charge in [-0.25, -0.2) is 0 Å². The molecule has 1 aromatic rings. The number of hydrogen-bond donors (Lipinski definition) is 2. The fourth-order valence-corrected chi connectivity index (χ4v) is 2.23. The van der Waals surface area contributed by atoms with E-state index in [0.29, 0.717) is 17.9 Å². The van der Waals surface area contributed by atoms with Crippen molar-refractivity contribution in [2.75, 3.05) is 23.9 Å². The minimum atomic E-state index is 0.529. The second-order valence-electron chi connectivity index (χ2n) is 3.85. The van der Waals surface area contributed by atoms with E-state index in [4.69, 9.17) is 0 Å². The quantitative estimate of drug-likeness (QED) is 0.783. The van der Waals surface area contributed by atoms with Crippen LogP contribution in [0.2, 0.25) is 0 Å². The van der Waals surface area contributed by atoms with Crippen LogP contribution in [-0.4, -0.2) is 34.3 Å². The van der Waals surface area contributed by atoms with E-state index in [-0.39, 0.29) is 0 Å². The van der Waals surface area contributed by atoms with Crippen LogP contribution in [-0.2, 0) is 0 Å². The van der Waals surface area contributed by atoms with Crippen LogP contribution in [0.4, 0.5) is 11.9 Å². The largest absolute Gasteiger partial charge is 0.357 e. The van der Waals surface area contributed by atoms with Crippen molar-refractivity contribution in [1.29, 1.82) is 0 Å². The summed E-state index contributed by atoms with van der Waals surface area (Å²) < 4.78 is 0. The molecule has 0 aliphatic heterocycles. The highest BCUT2D eigenvalue weighted by Crippen LogP contribution is 2.21. The van der Waals surface area contributed by atoms with E-state index in [9.17, 15) is 0 Å². The molecule has 0 atom stereocenters. The Balaban J connectivity index is 2.12. The van der Waals surface area contributed by atoms with Crippen LogP contribution < -0.4 is 10.6 Å². The van der Waals surface area contributed by atoms with Crippen molar-refractivity contribution in [3.63, 3.8) is 0 Å². The maximum atomic E-state index is 4.35. The molecule has 1 aliphatic rings. The molecule has 1 saturated carbocycles. The van der Waals surface area contributed by atoms with Gasteiger partial charge in [-0.2, -0.15) is 15.0 Å². The second-order valence-corrected chi connectivity index (χ2v) is 4.62. The standard InChI is InChI=1S/C10H17N5S/c1-11-8-13-9(15-10(14-8)16-2)12-7-5-3-4-6-7/h7H,3-6H2,1-2H3,(H2,11,12,13,14,15). The summed E-state index contributed by atoms with van der Waals surface area (Å²) in [6, 6.07) is 0.529. The Hall–Kier alpha value is -1.04. The van der Waals surface area contributed by atoms with Gasteiger partial charge in [0.1, 0.15) is 0 Å². The third-order valence-electron chi connectivity index (χ3n) is 2.71. The molecule has 5 nitrogen and oxygen atoms in total. The Morgan fingerprint density at radius 1 is 1.12 bits per heavy atom. The molecule has 0 radical (unpaired) electrons. The number of hydrogen-bond acceptors (Lipinski definition) is 6. The highest BCUT2D eigenvalue weighted by atomic mass is 32.2. The minimum Gasteiger partial charge on any atom is -0.357 e. The average Bonchev–Trinajstić information content (AvgIpc) is 2.81. The molecule has 0 saturated heterocycles. The van der Waals surface area contributed by atoms with Crippen molar-refractivity contribution in [1.82, 2.24) is 15.0 Å². The first-order valence-corrected chi connectivity index (χ1v) is 6.78. The number of nitrogens with zero attached hydrogens (tertiary/aromatic N) is 3. The lowest BCUT2D eigenvalue weighted by molar-refractivity contribution is 0.736. The zero-order valence-electron chi connectivity index (χ0n) is 9.66. The SMILES string of the molecule is CNc1nc(NC2CCCC2)nc(SC)n1. The molecule has 0 amide bonds. The van der Waals surface area contributed by atoms with Gasteiger partial charge in [-0.3, -0.25) is 0 Å². The van der Waals surface area contributed by atoms with Gasteiger partial charge in [-0.1, -0.05) is 24.6 Å². The molecule has 1 heterocycles. The van der Waals surface area contributed by atoms with Crippen LogP contribution in [0, 0.1) is 0 Å². The van der Waals surface area contributed by atoms with E-state index in [1.807, 2.05) is 13.3 Å². The fourth-order valence-electron chi connectivity index (χ4n) is 1.88. The summed E-state index contributed by atoms with van der Waals surface area (Å²) in [5.74, 6) is 1.32. The van der Waals surface area contributed by atoms with E-state index < -0.39 is 0 Å². The lowest BCUT2D eigenvalue weighted by atomic mass is 10.3. The van der Waals surface area contributed by atoms with Crippen molar-refractivity contribution in [2.45, 2.75) is 36.9 Å². The van der Waals surface area contributed by atoms with Crippen LogP contribution >= 0.6 is 11.8 Å². The van der Waals surface area contributed by atoms with E-state index in [0.717, 1.165) is 5.16 Å². The zero-order chi connectivity index (χ0) is 11.4. The van der Waals surface area contributed by atoms with Crippen LogP contribution in [0.15, 0.2) is 5.16 Å². The number of rotatable bonds is 4. The van der Waals surface area contributed by atoms with E-state index in [1.54, 1.807) is 0 Å². The Kier molecular flexibility index (Phi) is 3.82. The molecule has 1 aliphatic carbocycles. The van der Waals surface area contributed by atoms with Gasteiger partial charge in [-0.05, 0) is 19.1 Å². The van der Waals surface area contributed by atoms with Gasteiger partial charge in [-0.15, -0.1) is 0 Å². The molecule has 1 aromatic heterocycles. The Bertz CT molecular complexity index is 329. The Labute approximate surface area is 99.9 Å². The second kappa shape index (κ2) is 5.34. The number of aromatic nitrogens is 3. The van der Waals surface area contributed by atoms with Gasteiger partial charge in [0.05, 0.1) is 0 Å². The molecular formula is C10H17N5S. The van der Waals surface area contributed by atoms with E-state index >= 15 is 0 Å². The highest BCUT2D eigenvalue weighted by molar-refractivity contribution is 7.98.